The summed E-state index contributed by atoms with van der Waals surface area (Å²) in [7, 11) is 1.56. The van der Waals surface area contributed by atoms with Crippen LogP contribution >= 0.6 is 0 Å². The van der Waals surface area contributed by atoms with Gasteiger partial charge in [-0.1, -0.05) is 36.4 Å². The number of morpholine rings is 1. The smallest absolute Gasteiger partial charge is 0.282 e. The van der Waals surface area contributed by atoms with Crippen molar-refractivity contribution in [3.05, 3.63) is 65.9 Å². The van der Waals surface area contributed by atoms with Crippen molar-refractivity contribution in [1.82, 2.24) is 4.90 Å². The van der Waals surface area contributed by atoms with Gasteiger partial charge in [-0.3, -0.25) is 9.59 Å². The zero-order chi connectivity index (χ0) is 20.5. The van der Waals surface area contributed by atoms with E-state index >= 15 is 0 Å². The standard InChI is InChI=1S/C23H24N2O4/c1-15-13-24(14-16(2)29-15)21-20(17-8-5-4-6-9-17)22(26)25(23(21)27)18-10-7-11-19(12-18)28-3/h4-12,15-16H,13-14H2,1-3H3. The molecular formula is C23H24N2O4. The maximum Gasteiger partial charge on any atom is 0.282 e. The van der Waals surface area contributed by atoms with Crippen molar-refractivity contribution in [3.8, 4) is 5.75 Å². The summed E-state index contributed by atoms with van der Waals surface area (Å²) in [5, 5.41) is 0. The molecule has 2 heterocycles. The molecule has 2 atom stereocenters. The Balaban J connectivity index is 1.82. The number of carbonyl (C=O) groups is 2. The number of carbonyl (C=O) groups excluding carboxylic acids is 2. The van der Waals surface area contributed by atoms with Crippen LogP contribution in [0.2, 0.25) is 0 Å². The van der Waals surface area contributed by atoms with Gasteiger partial charge in [0.2, 0.25) is 0 Å². The number of imide groups is 1. The van der Waals surface area contributed by atoms with Crippen LogP contribution in [0.3, 0.4) is 0 Å². The molecule has 1 saturated heterocycles. The first-order valence-electron chi connectivity index (χ1n) is 9.72. The van der Waals surface area contributed by atoms with E-state index in [-0.39, 0.29) is 24.0 Å². The maximum absolute atomic E-state index is 13.5. The van der Waals surface area contributed by atoms with Gasteiger partial charge in [0.25, 0.3) is 11.8 Å². The van der Waals surface area contributed by atoms with E-state index in [1.807, 2.05) is 49.1 Å². The third-order valence-electron chi connectivity index (χ3n) is 5.17. The number of hydrogen-bond acceptors (Lipinski definition) is 5. The lowest BCUT2D eigenvalue weighted by molar-refractivity contribution is -0.121. The topological polar surface area (TPSA) is 59.1 Å². The highest BCUT2D eigenvalue weighted by molar-refractivity contribution is 6.45. The second kappa shape index (κ2) is 7.72. The van der Waals surface area contributed by atoms with Crippen molar-refractivity contribution in [3.63, 3.8) is 0 Å². The Bertz CT molecular complexity index is 960. The van der Waals surface area contributed by atoms with E-state index in [9.17, 15) is 9.59 Å². The van der Waals surface area contributed by atoms with Crippen LogP contribution in [0.1, 0.15) is 19.4 Å². The Labute approximate surface area is 170 Å². The van der Waals surface area contributed by atoms with Gasteiger partial charge in [0.15, 0.2) is 0 Å². The fourth-order valence-electron chi connectivity index (χ4n) is 4.02. The van der Waals surface area contributed by atoms with E-state index < -0.39 is 0 Å². The average molecular weight is 392 g/mol. The summed E-state index contributed by atoms with van der Waals surface area (Å²) < 4.78 is 11.1. The van der Waals surface area contributed by atoms with E-state index in [4.69, 9.17) is 9.47 Å². The third kappa shape index (κ3) is 3.51. The Morgan fingerprint density at radius 3 is 2.28 bits per heavy atom. The minimum absolute atomic E-state index is 0.0305. The van der Waals surface area contributed by atoms with Gasteiger partial charge < -0.3 is 14.4 Å². The highest BCUT2D eigenvalue weighted by atomic mass is 16.5. The van der Waals surface area contributed by atoms with Gasteiger partial charge in [-0.05, 0) is 31.5 Å². The van der Waals surface area contributed by atoms with Gasteiger partial charge in [-0.2, -0.15) is 0 Å². The van der Waals surface area contributed by atoms with Crippen molar-refractivity contribution in [2.45, 2.75) is 26.1 Å². The first-order chi connectivity index (χ1) is 14.0. The Hall–Kier alpha value is -3.12. The zero-order valence-corrected chi connectivity index (χ0v) is 16.8. The van der Waals surface area contributed by atoms with E-state index in [0.717, 1.165) is 5.56 Å². The minimum atomic E-state index is -0.323. The van der Waals surface area contributed by atoms with Crippen molar-refractivity contribution >= 4 is 23.1 Å². The van der Waals surface area contributed by atoms with E-state index in [1.54, 1.807) is 31.4 Å². The largest absolute Gasteiger partial charge is 0.497 e. The monoisotopic (exact) mass is 392 g/mol. The molecule has 150 valence electrons. The Morgan fingerprint density at radius 2 is 1.62 bits per heavy atom. The molecule has 4 rings (SSSR count). The molecule has 2 aliphatic rings. The van der Waals surface area contributed by atoms with Gasteiger partial charge in [-0.25, -0.2) is 4.90 Å². The average Bonchev–Trinajstić information content (AvgIpc) is 2.98. The Morgan fingerprint density at radius 1 is 0.931 bits per heavy atom. The van der Waals surface area contributed by atoms with Gasteiger partial charge in [0, 0.05) is 19.2 Å². The van der Waals surface area contributed by atoms with Crippen LogP contribution in [0.25, 0.3) is 5.57 Å². The van der Waals surface area contributed by atoms with Crippen LogP contribution in [0.15, 0.2) is 60.3 Å². The predicted molar refractivity (Wildman–Crippen MR) is 110 cm³/mol. The summed E-state index contributed by atoms with van der Waals surface area (Å²) in [4.78, 5) is 30.2. The number of hydrogen-bond donors (Lipinski definition) is 0. The summed E-state index contributed by atoms with van der Waals surface area (Å²) in [6.07, 6.45) is -0.0610. The molecule has 29 heavy (non-hydrogen) atoms. The van der Waals surface area contributed by atoms with Crippen LogP contribution in [0.4, 0.5) is 5.69 Å². The van der Waals surface area contributed by atoms with Crippen molar-refractivity contribution in [2.24, 2.45) is 0 Å². The minimum Gasteiger partial charge on any atom is -0.497 e. The van der Waals surface area contributed by atoms with Crippen molar-refractivity contribution in [2.75, 3.05) is 25.1 Å². The summed E-state index contributed by atoms with van der Waals surface area (Å²) >= 11 is 0. The van der Waals surface area contributed by atoms with E-state index in [2.05, 4.69) is 0 Å². The zero-order valence-electron chi connectivity index (χ0n) is 16.8. The van der Waals surface area contributed by atoms with E-state index in [1.165, 1.54) is 4.90 Å². The summed E-state index contributed by atoms with van der Waals surface area (Å²) in [5.41, 5.74) is 2.10. The lowest BCUT2D eigenvalue weighted by atomic mass is 10.0. The molecule has 1 fully saturated rings. The number of benzene rings is 2. The van der Waals surface area contributed by atoms with Crippen LogP contribution in [-0.2, 0) is 14.3 Å². The third-order valence-corrected chi connectivity index (χ3v) is 5.17. The number of rotatable bonds is 4. The molecule has 0 N–H and O–H groups in total. The van der Waals surface area contributed by atoms with Gasteiger partial charge >= 0.3 is 0 Å². The van der Waals surface area contributed by atoms with Crippen molar-refractivity contribution < 1.29 is 19.1 Å². The Kier molecular flexibility index (Phi) is 5.11. The molecule has 2 amide bonds. The van der Waals surface area contributed by atoms with Crippen LogP contribution < -0.4 is 9.64 Å². The molecule has 2 unspecified atom stereocenters. The molecular weight excluding hydrogens is 368 g/mol. The molecule has 0 radical (unpaired) electrons. The molecule has 0 spiro atoms. The molecule has 6 nitrogen and oxygen atoms in total. The highest BCUT2D eigenvalue weighted by Crippen LogP contribution is 2.36. The quantitative estimate of drug-likeness (QED) is 0.749. The number of ether oxygens (including phenoxy) is 2. The fraction of sp³-hybridized carbons (Fsp3) is 0.304. The number of methoxy groups -OCH3 is 1. The fourth-order valence-corrected chi connectivity index (χ4v) is 4.02. The normalized spacial score (nSPS) is 22.4. The maximum atomic E-state index is 13.5. The second-order valence-electron chi connectivity index (χ2n) is 7.40. The number of anilines is 1. The molecule has 0 bridgehead atoms. The molecule has 0 aromatic heterocycles. The SMILES string of the molecule is COc1cccc(N2C(=O)C(c3ccccc3)=C(N3CC(C)OC(C)C3)C2=O)c1. The molecule has 0 aliphatic carbocycles. The highest BCUT2D eigenvalue weighted by Gasteiger charge is 2.43. The molecule has 6 heteroatoms. The lowest BCUT2D eigenvalue weighted by Crippen LogP contribution is -2.47. The van der Waals surface area contributed by atoms with Crippen LogP contribution in [-0.4, -0.2) is 49.1 Å². The van der Waals surface area contributed by atoms with Gasteiger partial charge in [0.05, 0.1) is 30.6 Å². The number of nitrogens with zero attached hydrogens (tertiary/aromatic N) is 2. The molecule has 2 aromatic rings. The van der Waals surface area contributed by atoms with Crippen LogP contribution in [0, 0.1) is 0 Å². The molecule has 0 saturated carbocycles. The van der Waals surface area contributed by atoms with Crippen molar-refractivity contribution in [1.29, 1.82) is 0 Å². The summed E-state index contributed by atoms with van der Waals surface area (Å²) in [5.74, 6) is -0.0499. The van der Waals surface area contributed by atoms with Gasteiger partial charge in [-0.15, -0.1) is 0 Å². The second-order valence-corrected chi connectivity index (χ2v) is 7.40. The predicted octanol–water partition coefficient (Wildman–Crippen LogP) is 3.09. The molecule has 2 aromatic carbocycles. The summed E-state index contributed by atoms with van der Waals surface area (Å²) in [6.45, 7) is 5.07. The van der Waals surface area contributed by atoms with Gasteiger partial charge in [0.1, 0.15) is 11.4 Å². The molecule has 2 aliphatic heterocycles. The van der Waals surface area contributed by atoms with Crippen LogP contribution in [0.5, 0.6) is 5.75 Å². The summed E-state index contributed by atoms with van der Waals surface area (Å²) in [6, 6.07) is 16.4. The lowest BCUT2D eigenvalue weighted by Gasteiger charge is -2.37. The first-order valence-corrected chi connectivity index (χ1v) is 9.72. The van der Waals surface area contributed by atoms with E-state index in [0.29, 0.717) is 35.8 Å². The number of amides is 2. The first kappa shape index (κ1) is 19.2.